The van der Waals surface area contributed by atoms with Crippen LogP contribution in [0, 0.1) is 16.7 Å². The van der Waals surface area contributed by atoms with Crippen molar-refractivity contribution in [3.63, 3.8) is 0 Å². The van der Waals surface area contributed by atoms with Crippen LogP contribution >= 0.6 is 0 Å². The molecule has 1 aromatic carbocycles. The fourth-order valence-corrected chi connectivity index (χ4v) is 5.81. The molecule has 0 amide bonds. The van der Waals surface area contributed by atoms with Gasteiger partial charge in [-0.25, -0.2) is 8.42 Å². The van der Waals surface area contributed by atoms with E-state index < -0.39 is 15.4 Å². The predicted octanol–water partition coefficient (Wildman–Crippen LogP) is 3.07. The van der Waals surface area contributed by atoms with Gasteiger partial charge < -0.3 is 4.74 Å². The molecule has 2 fully saturated rings. The second kappa shape index (κ2) is 6.73. The Morgan fingerprint density at radius 1 is 1.29 bits per heavy atom. The van der Waals surface area contributed by atoms with Gasteiger partial charge in [0.05, 0.1) is 24.3 Å². The van der Waals surface area contributed by atoms with Gasteiger partial charge in [-0.15, -0.1) is 0 Å². The first-order valence-electron chi connectivity index (χ1n) is 8.52. The number of nitrogens with zero attached hydrogens (tertiary/aromatic N) is 2. The smallest absolute Gasteiger partial charge is 0.216 e. The SMILES string of the molecule is COc1ccccc1CN(C1CC1)S(=O)(=O)CC1(C#N)CCCC1. The van der Waals surface area contributed by atoms with E-state index in [1.807, 2.05) is 24.3 Å². The first-order valence-corrected chi connectivity index (χ1v) is 10.1. The standard InChI is InChI=1S/C18H24N2O3S/c1-23-17-7-3-2-6-15(17)12-20(16-8-9-16)24(21,22)14-18(13-19)10-4-5-11-18/h2-3,6-7,16H,4-5,8-12,14H2,1H3. The third-order valence-corrected chi connectivity index (χ3v) is 7.15. The molecule has 2 saturated carbocycles. The number of hydrogen-bond donors (Lipinski definition) is 0. The van der Waals surface area contributed by atoms with Crippen molar-refractivity contribution < 1.29 is 13.2 Å². The maximum absolute atomic E-state index is 13.1. The van der Waals surface area contributed by atoms with Crippen molar-refractivity contribution in [2.45, 2.75) is 51.1 Å². The van der Waals surface area contributed by atoms with Crippen LogP contribution in [-0.2, 0) is 16.6 Å². The topological polar surface area (TPSA) is 70.4 Å². The van der Waals surface area contributed by atoms with Gasteiger partial charge in [0.25, 0.3) is 0 Å². The van der Waals surface area contributed by atoms with Gasteiger partial charge >= 0.3 is 0 Å². The van der Waals surface area contributed by atoms with Crippen LogP contribution in [0.15, 0.2) is 24.3 Å². The van der Waals surface area contributed by atoms with E-state index in [1.165, 1.54) is 0 Å². The summed E-state index contributed by atoms with van der Waals surface area (Å²) in [4.78, 5) is 0. The Balaban J connectivity index is 1.84. The lowest BCUT2D eigenvalue weighted by molar-refractivity contribution is 0.363. The van der Waals surface area contributed by atoms with Crippen molar-refractivity contribution in [1.82, 2.24) is 4.31 Å². The third-order valence-electron chi connectivity index (χ3n) is 5.09. The van der Waals surface area contributed by atoms with Crippen LogP contribution in [0.1, 0.15) is 44.1 Å². The summed E-state index contributed by atoms with van der Waals surface area (Å²) in [6, 6.07) is 9.89. The van der Waals surface area contributed by atoms with Crippen LogP contribution in [0.4, 0.5) is 0 Å². The van der Waals surface area contributed by atoms with E-state index in [2.05, 4.69) is 6.07 Å². The van der Waals surface area contributed by atoms with Gasteiger partial charge in [-0.05, 0) is 31.7 Å². The number of benzene rings is 1. The molecular weight excluding hydrogens is 324 g/mol. The van der Waals surface area contributed by atoms with E-state index in [9.17, 15) is 13.7 Å². The second-order valence-corrected chi connectivity index (χ2v) is 8.87. The molecule has 0 radical (unpaired) electrons. The summed E-state index contributed by atoms with van der Waals surface area (Å²) < 4.78 is 33.1. The molecule has 0 saturated heterocycles. The van der Waals surface area contributed by atoms with Gasteiger partial charge in [0.2, 0.25) is 10.0 Å². The molecule has 2 aliphatic carbocycles. The number of rotatable bonds is 7. The van der Waals surface area contributed by atoms with E-state index in [0.717, 1.165) is 31.2 Å². The normalized spacial score (nSPS) is 20.0. The molecule has 0 aliphatic heterocycles. The summed E-state index contributed by atoms with van der Waals surface area (Å²) in [7, 11) is -1.89. The number of methoxy groups -OCH3 is 1. The molecule has 24 heavy (non-hydrogen) atoms. The minimum atomic E-state index is -3.48. The van der Waals surface area contributed by atoms with Crippen molar-refractivity contribution >= 4 is 10.0 Å². The molecule has 130 valence electrons. The van der Waals surface area contributed by atoms with Crippen molar-refractivity contribution in [2.75, 3.05) is 12.9 Å². The third kappa shape index (κ3) is 3.57. The van der Waals surface area contributed by atoms with Gasteiger partial charge in [-0.3, -0.25) is 0 Å². The molecule has 0 bridgehead atoms. The summed E-state index contributed by atoms with van der Waals surface area (Å²) in [6.45, 7) is 0.318. The Hall–Kier alpha value is -1.58. The number of sulfonamides is 1. The van der Waals surface area contributed by atoms with E-state index >= 15 is 0 Å². The van der Waals surface area contributed by atoms with Gasteiger partial charge in [0.1, 0.15) is 5.75 Å². The van der Waals surface area contributed by atoms with Crippen LogP contribution in [-0.4, -0.2) is 31.6 Å². The summed E-state index contributed by atoms with van der Waals surface area (Å²) in [5, 5.41) is 9.53. The highest BCUT2D eigenvalue weighted by Gasteiger charge is 2.44. The molecule has 0 aromatic heterocycles. The van der Waals surface area contributed by atoms with Crippen LogP contribution in [0.2, 0.25) is 0 Å². The Morgan fingerprint density at radius 2 is 1.96 bits per heavy atom. The highest BCUT2D eigenvalue weighted by atomic mass is 32.2. The quantitative estimate of drug-likeness (QED) is 0.759. The highest BCUT2D eigenvalue weighted by molar-refractivity contribution is 7.89. The molecule has 5 nitrogen and oxygen atoms in total. The first-order chi connectivity index (χ1) is 11.5. The van der Waals surface area contributed by atoms with Gasteiger partial charge in [0.15, 0.2) is 0 Å². The summed E-state index contributed by atoms with van der Waals surface area (Å²) in [6.07, 6.45) is 5.06. The lowest BCUT2D eigenvalue weighted by Gasteiger charge is -2.27. The van der Waals surface area contributed by atoms with Crippen molar-refractivity contribution in [1.29, 1.82) is 5.26 Å². The highest BCUT2D eigenvalue weighted by Crippen LogP contribution is 2.41. The maximum atomic E-state index is 13.1. The zero-order chi connectivity index (χ0) is 17.2. The monoisotopic (exact) mass is 348 g/mol. The van der Waals surface area contributed by atoms with Gasteiger partial charge in [-0.1, -0.05) is 31.0 Å². The summed E-state index contributed by atoms with van der Waals surface area (Å²) in [5.74, 6) is 0.650. The molecule has 0 heterocycles. The number of ether oxygens (including phenoxy) is 1. The molecule has 0 atom stereocenters. The molecule has 0 spiro atoms. The van der Waals surface area contributed by atoms with Crippen LogP contribution in [0.25, 0.3) is 0 Å². The summed E-state index contributed by atoms with van der Waals surface area (Å²) >= 11 is 0. The zero-order valence-corrected chi connectivity index (χ0v) is 14.9. The Kier molecular flexibility index (Phi) is 4.84. The van der Waals surface area contributed by atoms with Gasteiger partial charge in [-0.2, -0.15) is 9.57 Å². The summed E-state index contributed by atoms with van der Waals surface area (Å²) in [5.41, 5.74) is 0.167. The first kappa shape index (κ1) is 17.2. The Labute approximate surface area is 144 Å². The average Bonchev–Trinajstić information content (AvgIpc) is 3.31. The fraction of sp³-hybridized carbons (Fsp3) is 0.611. The molecule has 2 aliphatic rings. The largest absolute Gasteiger partial charge is 0.496 e. The Bertz CT molecular complexity index is 729. The minimum Gasteiger partial charge on any atom is -0.496 e. The zero-order valence-electron chi connectivity index (χ0n) is 14.1. The van der Waals surface area contributed by atoms with E-state index in [-0.39, 0.29) is 11.8 Å². The molecular formula is C18H24N2O3S. The van der Waals surface area contributed by atoms with Crippen LogP contribution in [0.3, 0.4) is 0 Å². The van der Waals surface area contributed by atoms with E-state index in [1.54, 1.807) is 11.4 Å². The number of para-hydroxylation sites is 1. The second-order valence-electron chi connectivity index (χ2n) is 6.94. The maximum Gasteiger partial charge on any atom is 0.216 e. The van der Waals surface area contributed by atoms with Crippen LogP contribution < -0.4 is 4.74 Å². The van der Waals surface area contributed by atoms with Crippen molar-refractivity contribution in [3.05, 3.63) is 29.8 Å². The Morgan fingerprint density at radius 3 is 2.54 bits per heavy atom. The molecule has 0 N–H and O–H groups in total. The predicted molar refractivity (Wildman–Crippen MR) is 91.9 cm³/mol. The van der Waals surface area contributed by atoms with Gasteiger partial charge in [0, 0.05) is 18.2 Å². The minimum absolute atomic E-state index is 0.0534. The van der Waals surface area contributed by atoms with Crippen LogP contribution in [0.5, 0.6) is 5.75 Å². The fourth-order valence-electron chi connectivity index (χ4n) is 3.59. The molecule has 1 aromatic rings. The van der Waals surface area contributed by atoms with Crippen molar-refractivity contribution in [3.8, 4) is 11.8 Å². The molecule has 3 rings (SSSR count). The lowest BCUT2D eigenvalue weighted by atomic mass is 9.91. The van der Waals surface area contributed by atoms with Crippen molar-refractivity contribution in [2.24, 2.45) is 5.41 Å². The average molecular weight is 348 g/mol. The lowest BCUT2D eigenvalue weighted by Crippen LogP contribution is -2.39. The van der Waals surface area contributed by atoms with E-state index in [0.29, 0.717) is 25.1 Å². The number of hydrogen-bond acceptors (Lipinski definition) is 4. The number of nitriles is 1. The molecule has 6 heteroatoms. The van der Waals surface area contributed by atoms with E-state index in [4.69, 9.17) is 4.74 Å². The molecule has 0 unspecified atom stereocenters.